The number of rotatable bonds is 5. The van der Waals surface area contributed by atoms with Crippen LogP contribution >= 0.6 is 0 Å². The van der Waals surface area contributed by atoms with Crippen LogP contribution in [0.25, 0.3) is 0 Å². The van der Waals surface area contributed by atoms with Gasteiger partial charge in [-0.3, -0.25) is 9.79 Å². The molecule has 1 heterocycles. The zero-order valence-corrected chi connectivity index (χ0v) is 14.6. The van der Waals surface area contributed by atoms with E-state index < -0.39 is 0 Å². The molecule has 0 aromatic heterocycles. The van der Waals surface area contributed by atoms with Gasteiger partial charge in [-0.25, -0.2) is 0 Å². The summed E-state index contributed by atoms with van der Waals surface area (Å²) in [7, 11) is 4.85. The number of nitrogens with one attached hydrogen (secondary N) is 2. The predicted molar refractivity (Wildman–Crippen MR) is 95.0 cm³/mol. The van der Waals surface area contributed by atoms with Gasteiger partial charge in [0.05, 0.1) is 20.8 Å². The summed E-state index contributed by atoms with van der Waals surface area (Å²) in [5.74, 6) is 1.92. The van der Waals surface area contributed by atoms with E-state index in [1.807, 2.05) is 23.1 Å². The van der Waals surface area contributed by atoms with Gasteiger partial charge in [-0.1, -0.05) is 0 Å². The lowest BCUT2D eigenvalue weighted by Gasteiger charge is -2.27. The number of methoxy groups -OCH3 is 2. The second-order valence-corrected chi connectivity index (χ2v) is 5.56. The van der Waals surface area contributed by atoms with Crippen molar-refractivity contribution < 1.29 is 14.3 Å². The Morgan fingerprint density at radius 3 is 2.50 bits per heavy atom. The summed E-state index contributed by atoms with van der Waals surface area (Å²) in [6.45, 7) is 1.93. The summed E-state index contributed by atoms with van der Waals surface area (Å²) in [6, 6.07) is 5.49. The van der Waals surface area contributed by atoms with Crippen LogP contribution in [0.4, 0.5) is 5.69 Å². The van der Waals surface area contributed by atoms with Gasteiger partial charge in [-0.15, -0.1) is 0 Å². The molecule has 24 heavy (non-hydrogen) atoms. The summed E-state index contributed by atoms with van der Waals surface area (Å²) in [5.41, 5.74) is 0.797. The molecular weight excluding hydrogens is 308 g/mol. The Hall–Kier alpha value is -2.44. The van der Waals surface area contributed by atoms with Crippen molar-refractivity contribution in [3.8, 4) is 11.5 Å². The van der Waals surface area contributed by atoms with E-state index in [9.17, 15) is 4.79 Å². The Morgan fingerprint density at radius 2 is 1.88 bits per heavy atom. The number of anilines is 1. The lowest BCUT2D eigenvalue weighted by molar-refractivity contribution is -0.130. The normalized spacial score (nSPS) is 15.0. The van der Waals surface area contributed by atoms with E-state index in [1.165, 1.54) is 6.42 Å². The van der Waals surface area contributed by atoms with Crippen LogP contribution in [-0.2, 0) is 4.79 Å². The van der Waals surface area contributed by atoms with Crippen molar-refractivity contribution in [2.45, 2.75) is 19.3 Å². The van der Waals surface area contributed by atoms with Gasteiger partial charge in [-0.05, 0) is 31.4 Å². The summed E-state index contributed by atoms with van der Waals surface area (Å²) < 4.78 is 10.5. The Morgan fingerprint density at radius 1 is 1.17 bits per heavy atom. The van der Waals surface area contributed by atoms with Gasteiger partial charge >= 0.3 is 0 Å². The lowest BCUT2D eigenvalue weighted by atomic mass is 10.1. The lowest BCUT2D eigenvalue weighted by Crippen LogP contribution is -2.44. The zero-order valence-electron chi connectivity index (χ0n) is 14.6. The highest BCUT2D eigenvalue weighted by atomic mass is 16.5. The molecular formula is C17H26N4O3. The summed E-state index contributed by atoms with van der Waals surface area (Å²) in [6.07, 6.45) is 3.38. The number of carbonyl (C=O) groups is 1. The van der Waals surface area contributed by atoms with Gasteiger partial charge in [0.25, 0.3) is 0 Å². The molecule has 7 nitrogen and oxygen atoms in total. The fourth-order valence-corrected chi connectivity index (χ4v) is 2.64. The second kappa shape index (κ2) is 9.00. The second-order valence-electron chi connectivity index (χ2n) is 5.56. The fourth-order valence-electron chi connectivity index (χ4n) is 2.64. The smallest absolute Gasteiger partial charge is 0.241 e. The average Bonchev–Trinajstić information content (AvgIpc) is 2.65. The zero-order chi connectivity index (χ0) is 17.4. The van der Waals surface area contributed by atoms with Crippen molar-refractivity contribution in [2.75, 3.05) is 46.2 Å². The number of likely N-dealkylation sites (tertiary alicyclic amines) is 1. The maximum absolute atomic E-state index is 12.2. The standard InChI is InChI=1S/C17H26N4O3/c1-18-17(19-12-16(22)21-9-5-4-6-10-21)20-13-7-8-14(23-2)15(11-13)24-3/h7-8,11H,4-6,9-10,12H2,1-3H3,(H2,18,19,20). The third kappa shape index (κ3) is 4.78. The van der Waals surface area contributed by atoms with E-state index in [0.717, 1.165) is 31.6 Å². The predicted octanol–water partition coefficient (Wildman–Crippen LogP) is 1.70. The van der Waals surface area contributed by atoms with Crippen molar-refractivity contribution in [3.63, 3.8) is 0 Å². The van der Waals surface area contributed by atoms with E-state index in [2.05, 4.69) is 15.6 Å². The molecule has 7 heteroatoms. The fraction of sp³-hybridized carbons (Fsp3) is 0.529. The minimum atomic E-state index is 0.102. The number of aliphatic imine (C=N–C) groups is 1. The molecule has 1 aliphatic heterocycles. The number of benzene rings is 1. The molecule has 1 aliphatic rings. The first-order chi connectivity index (χ1) is 11.7. The van der Waals surface area contributed by atoms with Crippen molar-refractivity contribution in [2.24, 2.45) is 4.99 Å². The van der Waals surface area contributed by atoms with E-state index in [0.29, 0.717) is 17.5 Å². The van der Waals surface area contributed by atoms with Crippen LogP contribution in [0, 0.1) is 0 Å². The summed E-state index contributed by atoms with van der Waals surface area (Å²) in [4.78, 5) is 18.3. The van der Waals surface area contributed by atoms with Crippen molar-refractivity contribution in [3.05, 3.63) is 18.2 Å². The quantitative estimate of drug-likeness (QED) is 0.633. The molecule has 2 rings (SSSR count). The van der Waals surface area contributed by atoms with Crippen molar-refractivity contribution >= 4 is 17.6 Å². The van der Waals surface area contributed by atoms with Crippen LogP contribution in [0.1, 0.15) is 19.3 Å². The third-order valence-electron chi connectivity index (χ3n) is 3.99. The number of piperidine rings is 1. The van der Waals surface area contributed by atoms with Gasteiger partial charge < -0.3 is 25.0 Å². The highest BCUT2D eigenvalue weighted by molar-refractivity contribution is 5.96. The topological polar surface area (TPSA) is 75.2 Å². The molecule has 0 atom stereocenters. The third-order valence-corrected chi connectivity index (χ3v) is 3.99. The van der Waals surface area contributed by atoms with Gasteiger partial charge in [0, 0.05) is 31.9 Å². The number of guanidine groups is 1. The largest absolute Gasteiger partial charge is 0.493 e. The monoisotopic (exact) mass is 334 g/mol. The van der Waals surface area contributed by atoms with E-state index >= 15 is 0 Å². The van der Waals surface area contributed by atoms with Crippen LogP contribution in [0.5, 0.6) is 11.5 Å². The molecule has 1 aromatic carbocycles. The summed E-state index contributed by atoms with van der Waals surface area (Å²) in [5, 5.41) is 6.20. The minimum Gasteiger partial charge on any atom is -0.493 e. The highest BCUT2D eigenvalue weighted by Gasteiger charge is 2.16. The van der Waals surface area contributed by atoms with Gasteiger partial charge in [-0.2, -0.15) is 0 Å². The molecule has 0 aliphatic carbocycles. The number of nitrogens with zero attached hydrogens (tertiary/aromatic N) is 2. The highest BCUT2D eigenvalue weighted by Crippen LogP contribution is 2.29. The van der Waals surface area contributed by atoms with Crippen LogP contribution in [-0.4, -0.2) is 57.7 Å². The molecule has 1 amide bonds. The van der Waals surface area contributed by atoms with Crippen LogP contribution < -0.4 is 20.1 Å². The molecule has 2 N–H and O–H groups in total. The van der Waals surface area contributed by atoms with Gasteiger partial charge in [0.2, 0.25) is 5.91 Å². The van der Waals surface area contributed by atoms with E-state index in [4.69, 9.17) is 9.47 Å². The number of hydrogen-bond donors (Lipinski definition) is 2. The molecule has 1 saturated heterocycles. The van der Waals surface area contributed by atoms with Crippen LogP contribution in [0.2, 0.25) is 0 Å². The number of amides is 1. The van der Waals surface area contributed by atoms with Gasteiger partial charge in [0.15, 0.2) is 17.5 Å². The molecule has 0 unspecified atom stereocenters. The number of carbonyl (C=O) groups excluding carboxylic acids is 1. The van der Waals surface area contributed by atoms with Crippen LogP contribution in [0.15, 0.2) is 23.2 Å². The van der Waals surface area contributed by atoms with Crippen LogP contribution in [0.3, 0.4) is 0 Å². The first kappa shape index (κ1) is 17.9. The van der Waals surface area contributed by atoms with E-state index in [1.54, 1.807) is 21.3 Å². The maximum atomic E-state index is 12.2. The molecule has 0 spiro atoms. The average molecular weight is 334 g/mol. The molecule has 1 aromatic rings. The van der Waals surface area contributed by atoms with Crippen molar-refractivity contribution in [1.82, 2.24) is 10.2 Å². The maximum Gasteiger partial charge on any atom is 0.241 e. The Bertz CT molecular complexity index is 583. The molecule has 0 radical (unpaired) electrons. The molecule has 0 bridgehead atoms. The Kier molecular flexibility index (Phi) is 6.72. The molecule has 1 fully saturated rings. The first-order valence-corrected chi connectivity index (χ1v) is 8.15. The number of hydrogen-bond acceptors (Lipinski definition) is 4. The first-order valence-electron chi connectivity index (χ1n) is 8.15. The summed E-state index contributed by atoms with van der Waals surface area (Å²) >= 11 is 0. The van der Waals surface area contributed by atoms with Crippen molar-refractivity contribution in [1.29, 1.82) is 0 Å². The SMILES string of the molecule is CN=C(NCC(=O)N1CCCCC1)Nc1ccc(OC)c(OC)c1. The van der Waals surface area contributed by atoms with E-state index in [-0.39, 0.29) is 12.5 Å². The molecule has 132 valence electrons. The Balaban J connectivity index is 1.91. The number of ether oxygens (including phenoxy) is 2. The molecule has 0 saturated carbocycles. The van der Waals surface area contributed by atoms with Gasteiger partial charge in [0.1, 0.15) is 0 Å². The minimum absolute atomic E-state index is 0.102. The Labute approximate surface area is 143 Å².